The molecule has 1 aliphatic rings. The van der Waals surface area contributed by atoms with Crippen molar-refractivity contribution < 1.29 is 38.4 Å². The maximum absolute atomic E-state index is 13.4. The van der Waals surface area contributed by atoms with Gasteiger partial charge >= 0.3 is 0 Å². The molecule has 1 saturated heterocycles. The molecule has 0 spiro atoms. The number of nitrogens with zero attached hydrogens (tertiary/aromatic N) is 2. The third kappa shape index (κ3) is 5.43. The number of benzene rings is 2. The molecule has 0 radical (unpaired) electrons. The number of methoxy groups -OCH3 is 5. The molecule has 1 aliphatic heterocycles. The van der Waals surface area contributed by atoms with Crippen LogP contribution in [-0.2, 0) is 9.59 Å². The van der Waals surface area contributed by atoms with Crippen LogP contribution in [0.2, 0.25) is 0 Å². The maximum Gasteiger partial charge on any atom is 0.295 e. The number of Topliss-reactive ketones (excluding diaryl/α,β-unsaturated/α-hetero) is 1. The van der Waals surface area contributed by atoms with E-state index in [0.717, 1.165) is 0 Å². The molecule has 1 atom stereocenters. The zero-order valence-corrected chi connectivity index (χ0v) is 22.3. The minimum Gasteiger partial charge on any atom is -0.507 e. The molecule has 0 aromatic heterocycles. The fourth-order valence-electron chi connectivity index (χ4n) is 4.41. The van der Waals surface area contributed by atoms with E-state index in [-0.39, 0.29) is 11.3 Å². The zero-order valence-electron chi connectivity index (χ0n) is 22.3. The molecule has 2 aromatic rings. The van der Waals surface area contributed by atoms with Crippen LogP contribution in [-0.4, -0.2) is 89.3 Å². The van der Waals surface area contributed by atoms with E-state index in [1.54, 1.807) is 30.3 Å². The first-order valence-corrected chi connectivity index (χ1v) is 11.7. The minimum atomic E-state index is -0.885. The molecular weight excluding hydrogens is 480 g/mol. The van der Waals surface area contributed by atoms with Gasteiger partial charge in [-0.05, 0) is 63.0 Å². The van der Waals surface area contributed by atoms with Gasteiger partial charge in [0.1, 0.15) is 5.76 Å². The molecule has 2 aromatic carbocycles. The van der Waals surface area contributed by atoms with Crippen molar-refractivity contribution in [2.75, 3.05) is 62.7 Å². The lowest BCUT2D eigenvalue weighted by atomic mass is 9.94. The summed E-state index contributed by atoms with van der Waals surface area (Å²) in [5.74, 6) is 0.131. The number of aliphatic hydroxyl groups is 1. The highest BCUT2D eigenvalue weighted by atomic mass is 16.5. The summed E-state index contributed by atoms with van der Waals surface area (Å²) in [6.45, 7) is 1.01. The van der Waals surface area contributed by atoms with Crippen molar-refractivity contribution in [3.05, 3.63) is 47.0 Å². The molecule has 10 nitrogen and oxygen atoms in total. The maximum atomic E-state index is 13.4. The zero-order chi connectivity index (χ0) is 27.3. The largest absolute Gasteiger partial charge is 0.507 e. The Balaban J connectivity index is 2.24. The number of hydrogen-bond acceptors (Lipinski definition) is 9. The van der Waals surface area contributed by atoms with Gasteiger partial charge in [0.05, 0.1) is 47.2 Å². The van der Waals surface area contributed by atoms with Crippen molar-refractivity contribution in [3.63, 3.8) is 0 Å². The highest BCUT2D eigenvalue weighted by Gasteiger charge is 2.46. The number of carbonyl (C=O) groups is 2. The summed E-state index contributed by atoms with van der Waals surface area (Å²) >= 11 is 0. The predicted octanol–water partition coefficient (Wildman–Crippen LogP) is 3.10. The molecule has 200 valence electrons. The Bertz CT molecular complexity index is 1170. The van der Waals surface area contributed by atoms with Gasteiger partial charge in [0, 0.05) is 12.1 Å². The Hall–Kier alpha value is -3.92. The normalized spacial score (nSPS) is 16.8. The molecule has 0 bridgehead atoms. The van der Waals surface area contributed by atoms with Gasteiger partial charge in [-0.1, -0.05) is 0 Å². The second-order valence-electron chi connectivity index (χ2n) is 8.68. The number of likely N-dealkylation sites (tertiary alicyclic amines) is 1. The standard InChI is InChI=1S/C27H34N2O8/c1-28(2)11-8-12-29-23(17-14-20(35-5)26(37-7)21(15-17)36-6)22(25(31)27(29)32)24(30)16-9-10-18(33-3)19(13-16)34-4/h9-10,13-15,23,30H,8,11-12H2,1-7H3/t23-/m1/s1. The van der Waals surface area contributed by atoms with Crippen molar-refractivity contribution >= 4 is 17.4 Å². The SMILES string of the molecule is COc1ccc(C(O)=C2C(=O)C(=O)N(CCCN(C)C)[C@@H]2c2cc(OC)c(OC)c(OC)c2)cc1OC. The number of rotatable bonds is 11. The first-order valence-electron chi connectivity index (χ1n) is 11.7. The smallest absolute Gasteiger partial charge is 0.295 e. The van der Waals surface area contributed by atoms with Gasteiger partial charge in [0.25, 0.3) is 11.7 Å². The van der Waals surface area contributed by atoms with E-state index in [1.807, 2.05) is 19.0 Å². The van der Waals surface area contributed by atoms with Crippen molar-refractivity contribution in [3.8, 4) is 28.7 Å². The Morgan fingerprint density at radius 1 is 0.865 bits per heavy atom. The van der Waals surface area contributed by atoms with E-state index in [4.69, 9.17) is 23.7 Å². The van der Waals surface area contributed by atoms with Crippen LogP contribution in [0.1, 0.15) is 23.6 Å². The first kappa shape index (κ1) is 27.7. The highest BCUT2D eigenvalue weighted by Crippen LogP contribution is 2.46. The van der Waals surface area contributed by atoms with E-state index in [0.29, 0.717) is 59.4 Å². The van der Waals surface area contributed by atoms with Crippen molar-refractivity contribution in [2.45, 2.75) is 12.5 Å². The molecule has 1 amide bonds. The summed E-state index contributed by atoms with van der Waals surface area (Å²) in [7, 11) is 11.3. The molecule has 10 heteroatoms. The molecule has 37 heavy (non-hydrogen) atoms. The number of hydrogen-bond donors (Lipinski definition) is 1. The molecule has 1 fully saturated rings. The van der Waals surface area contributed by atoms with Crippen molar-refractivity contribution in [1.82, 2.24) is 9.80 Å². The summed E-state index contributed by atoms with van der Waals surface area (Å²) in [5.41, 5.74) is 0.790. The lowest BCUT2D eigenvalue weighted by Gasteiger charge is -2.27. The summed E-state index contributed by atoms with van der Waals surface area (Å²) in [4.78, 5) is 30.1. The van der Waals surface area contributed by atoms with Crippen LogP contribution in [0.4, 0.5) is 0 Å². The quantitative estimate of drug-likeness (QED) is 0.275. The number of amides is 1. The van der Waals surface area contributed by atoms with Crippen molar-refractivity contribution in [1.29, 1.82) is 0 Å². The monoisotopic (exact) mass is 514 g/mol. The Morgan fingerprint density at radius 2 is 1.46 bits per heavy atom. The van der Waals surface area contributed by atoms with E-state index < -0.39 is 17.7 Å². The molecule has 1 N–H and O–H groups in total. The van der Waals surface area contributed by atoms with Gasteiger partial charge in [-0.3, -0.25) is 9.59 Å². The number of ether oxygens (including phenoxy) is 5. The Kier molecular flexibility index (Phi) is 8.88. The Morgan fingerprint density at radius 3 is 1.97 bits per heavy atom. The topological polar surface area (TPSA) is 107 Å². The third-order valence-electron chi connectivity index (χ3n) is 6.20. The molecule has 0 aliphatic carbocycles. The van der Waals surface area contributed by atoms with Gasteiger partial charge < -0.3 is 38.6 Å². The minimum absolute atomic E-state index is 0.0451. The van der Waals surface area contributed by atoms with Gasteiger partial charge in [-0.2, -0.15) is 0 Å². The van der Waals surface area contributed by atoms with E-state index in [2.05, 4.69) is 0 Å². The fourth-order valence-corrected chi connectivity index (χ4v) is 4.41. The van der Waals surface area contributed by atoms with Crippen LogP contribution < -0.4 is 23.7 Å². The summed E-state index contributed by atoms with van der Waals surface area (Å²) in [6, 6.07) is 7.25. The van der Waals surface area contributed by atoms with Gasteiger partial charge in [-0.15, -0.1) is 0 Å². The molecule has 0 saturated carbocycles. The molecular formula is C27H34N2O8. The summed E-state index contributed by atoms with van der Waals surface area (Å²) < 4.78 is 27.1. The average molecular weight is 515 g/mol. The van der Waals surface area contributed by atoms with Gasteiger partial charge in [-0.25, -0.2) is 0 Å². The third-order valence-corrected chi connectivity index (χ3v) is 6.20. The van der Waals surface area contributed by atoms with Gasteiger partial charge in [0.2, 0.25) is 5.75 Å². The number of carbonyl (C=O) groups excluding carboxylic acids is 2. The Labute approximate surface area is 216 Å². The van der Waals surface area contributed by atoms with E-state index in [9.17, 15) is 14.7 Å². The predicted molar refractivity (Wildman–Crippen MR) is 138 cm³/mol. The summed E-state index contributed by atoms with van der Waals surface area (Å²) in [6.07, 6.45) is 0.622. The molecule has 0 unspecified atom stereocenters. The van der Waals surface area contributed by atoms with Crippen LogP contribution in [0.5, 0.6) is 28.7 Å². The van der Waals surface area contributed by atoms with Gasteiger partial charge in [0.15, 0.2) is 23.0 Å². The van der Waals surface area contributed by atoms with E-state index >= 15 is 0 Å². The first-order chi connectivity index (χ1) is 17.7. The lowest BCUT2D eigenvalue weighted by Crippen LogP contribution is -2.32. The second-order valence-corrected chi connectivity index (χ2v) is 8.68. The second kappa shape index (κ2) is 11.9. The van der Waals surface area contributed by atoms with Crippen molar-refractivity contribution in [2.24, 2.45) is 0 Å². The molecule has 1 heterocycles. The van der Waals surface area contributed by atoms with Crippen LogP contribution in [0, 0.1) is 0 Å². The van der Waals surface area contributed by atoms with Crippen LogP contribution in [0.15, 0.2) is 35.9 Å². The molecule has 3 rings (SSSR count). The van der Waals surface area contributed by atoms with Crippen LogP contribution in [0.25, 0.3) is 5.76 Å². The fraction of sp³-hybridized carbons (Fsp3) is 0.407. The number of aliphatic hydroxyl groups excluding tert-OH is 1. The van der Waals surface area contributed by atoms with E-state index in [1.165, 1.54) is 40.4 Å². The summed E-state index contributed by atoms with van der Waals surface area (Å²) in [5, 5.41) is 11.4. The van der Waals surface area contributed by atoms with Crippen LogP contribution >= 0.6 is 0 Å². The highest BCUT2D eigenvalue weighted by molar-refractivity contribution is 6.46. The van der Waals surface area contributed by atoms with Crippen LogP contribution in [0.3, 0.4) is 0 Å². The lowest BCUT2D eigenvalue weighted by molar-refractivity contribution is -0.139. The average Bonchev–Trinajstić information content (AvgIpc) is 3.16. The number of ketones is 1.